The topological polar surface area (TPSA) is 39.2 Å². The Morgan fingerprint density at radius 1 is 1.41 bits per heavy atom. The minimum atomic E-state index is -0.256. The third-order valence-electron chi connectivity index (χ3n) is 2.63. The fourth-order valence-corrected chi connectivity index (χ4v) is 2.21. The molecule has 2 N–H and O–H groups in total. The Morgan fingerprint density at radius 3 is 2.76 bits per heavy atom. The Labute approximate surface area is 108 Å². The molecule has 0 bridgehead atoms. The van der Waals surface area contributed by atoms with Gasteiger partial charge >= 0.3 is 0 Å². The summed E-state index contributed by atoms with van der Waals surface area (Å²) in [5.41, 5.74) is 8.01. The second kappa shape index (κ2) is 5.02. The van der Waals surface area contributed by atoms with Crippen LogP contribution in [0.25, 0.3) is 0 Å². The van der Waals surface area contributed by atoms with E-state index in [0.717, 1.165) is 21.4 Å². The molecule has 1 unspecified atom stereocenters. The molecule has 1 aromatic carbocycles. The molecule has 1 atom stereocenters. The molecule has 0 spiro atoms. The zero-order chi connectivity index (χ0) is 12.4. The molecule has 90 valence electrons. The number of halogens is 2. The van der Waals surface area contributed by atoms with E-state index in [0.29, 0.717) is 6.42 Å². The monoisotopic (exact) mass is 297 g/mol. The van der Waals surface area contributed by atoms with Crippen LogP contribution >= 0.6 is 15.9 Å². The summed E-state index contributed by atoms with van der Waals surface area (Å²) in [5.74, 6) is 0.585. The van der Waals surface area contributed by atoms with Gasteiger partial charge in [-0.25, -0.2) is 4.39 Å². The molecule has 1 aromatic heterocycles. The smallest absolute Gasteiger partial charge is 0.124 e. The Kier molecular flexibility index (Phi) is 3.64. The molecule has 0 aliphatic carbocycles. The van der Waals surface area contributed by atoms with Gasteiger partial charge in [-0.3, -0.25) is 0 Å². The second-order valence-electron chi connectivity index (χ2n) is 4.04. The molecule has 2 nitrogen and oxygen atoms in total. The highest BCUT2D eigenvalue weighted by molar-refractivity contribution is 9.10. The molecular weight excluding hydrogens is 285 g/mol. The van der Waals surface area contributed by atoms with Gasteiger partial charge in [0.2, 0.25) is 0 Å². The zero-order valence-electron chi connectivity index (χ0n) is 9.41. The Bertz CT molecular complexity index is 524. The van der Waals surface area contributed by atoms with Crippen LogP contribution in [-0.2, 0) is 6.42 Å². The van der Waals surface area contributed by atoms with Crippen LogP contribution in [0.5, 0.6) is 0 Å². The summed E-state index contributed by atoms with van der Waals surface area (Å²) in [6.07, 6.45) is 2.30. The number of nitrogens with two attached hydrogens (primary N) is 1. The first-order chi connectivity index (χ1) is 8.06. The van der Waals surface area contributed by atoms with Crippen molar-refractivity contribution < 1.29 is 8.81 Å². The maximum absolute atomic E-state index is 12.9. The van der Waals surface area contributed by atoms with Crippen molar-refractivity contribution in [2.24, 2.45) is 5.73 Å². The van der Waals surface area contributed by atoms with Crippen molar-refractivity contribution in [1.29, 1.82) is 0 Å². The van der Waals surface area contributed by atoms with Gasteiger partial charge in [0, 0.05) is 16.1 Å². The van der Waals surface area contributed by atoms with E-state index >= 15 is 0 Å². The van der Waals surface area contributed by atoms with Gasteiger partial charge in [0.05, 0.1) is 6.26 Å². The first-order valence-electron chi connectivity index (χ1n) is 5.31. The maximum Gasteiger partial charge on any atom is 0.124 e. The van der Waals surface area contributed by atoms with Crippen LogP contribution in [0.15, 0.2) is 39.4 Å². The Morgan fingerprint density at radius 2 is 2.18 bits per heavy atom. The molecule has 0 saturated carbocycles. The molecule has 0 fully saturated rings. The molecule has 0 aliphatic heterocycles. The Hall–Kier alpha value is -1.13. The van der Waals surface area contributed by atoms with Gasteiger partial charge in [-0.1, -0.05) is 22.0 Å². The van der Waals surface area contributed by atoms with Crippen molar-refractivity contribution >= 4 is 15.9 Å². The zero-order valence-corrected chi connectivity index (χ0v) is 11.0. The highest BCUT2D eigenvalue weighted by atomic mass is 79.9. The summed E-state index contributed by atoms with van der Waals surface area (Å²) in [6.45, 7) is 1.88. The van der Waals surface area contributed by atoms with Crippen molar-refractivity contribution in [3.05, 3.63) is 57.7 Å². The normalized spacial score (nSPS) is 12.7. The number of furan rings is 1. The van der Waals surface area contributed by atoms with Gasteiger partial charge in [0.25, 0.3) is 0 Å². The van der Waals surface area contributed by atoms with Crippen LogP contribution in [-0.4, -0.2) is 0 Å². The SMILES string of the molecule is Cc1cc(C(N)Cc2ccc(F)cc2Br)co1. The maximum atomic E-state index is 12.9. The molecule has 0 radical (unpaired) electrons. The van der Waals surface area contributed by atoms with Crippen LogP contribution in [0.4, 0.5) is 4.39 Å². The van der Waals surface area contributed by atoms with Crippen molar-refractivity contribution in [3.63, 3.8) is 0 Å². The van der Waals surface area contributed by atoms with Gasteiger partial charge in [0.1, 0.15) is 11.6 Å². The summed E-state index contributed by atoms with van der Waals surface area (Å²) in [4.78, 5) is 0. The number of rotatable bonds is 3. The highest BCUT2D eigenvalue weighted by Crippen LogP contribution is 2.24. The molecule has 0 saturated heterocycles. The lowest BCUT2D eigenvalue weighted by Crippen LogP contribution is -2.12. The second-order valence-corrected chi connectivity index (χ2v) is 4.89. The van der Waals surface area contributed by atoms with Crippen molar-refractivity contribution in [2.75, 3.05) is 0 Å². The lowest BCUT2D eigenvalue weighted by molar-refractivity contribution is 0.528. The lowest BCUT2D eigenvalue weighted by Gasteiger charge is -2.10. The predicted octanol–water partition coefficient (Wildman–Crippen LogP) is 3.73. The van der Waals surface area contributed by atoms with E-state index in [2.05, 4.69) is 15.9 Å². The van der Waals surface area contributed by atoms with Crippen LogP contribution < -0.4 is 5.73 Å². The van der Waals surface area contributed by atoms with Gasteiger partial charge in [-0.15, -0.1) is 0 Å². The predicted molar refractivity (Wildman–Crippen MR) is 68.2 cm³/mol. The first-order valence-corrected chi connectivity index (χ1v) is 6.10. The molecule has 1 heterocycles. The van der Waals surface area contributed by atoms with E-state index in [1.54, 1.807) is 12.3 Å². The molecular formula is C13H13BrFNO. The first kappa shape index (κ1) is 12.3. The molecule has 17 heavy (non-hydrogen) atoms. The van der Waals surface area contributed by atoms with Gasteiger partial charge in [0.15, 0.2) is 0 Å². The van der Waals surface area contributed by atoms with E-state index < -0.39 is 0 Å². The van der Waals surface area contributed by atoms with Crippen LogP contribution in [0.1, 0.15) is 22.9 Å². The van der Waals surface area contributed by atoms with Crippen molar-refractivity contribution in [1.82, 2.24) is 0 Å². The largest absolute Gasteiger partial charge is 0.469 e. The fraction of sp³-hybridized carbons (Fsp3) is 0.231. The van der Waals surface area contributed by atoms with Gasteiger partial charge < -0.3 is 10.2 Å². The van der Waals surface area contributed by atoms with Crippen molar-refractivity contribution in [2.45, 2.75) is 19.4 Å². The lowest BCUT2D eigenvalue weighted by atomic mass is 10.0. The van der Waals surface area contributed by atoms with Crippen LogP contribution in [0.3, 0.4) is 0 Å². The fourth-order valence-electron chi connectivity index (χ4n) is 1.70. The number of hydrogen-bond donors (Lipinski definition) is 1. The van der Waals surface area contributed by atoms with Gasteiger partial charge in [-0.2, -0.15) is 0 Å². The van der Waals surface area contributed by atoms with E-state index in [4.69, 9.17) is 10.2 Å². The van der Waals surface area contributed by atoms with E-state index in [1.165, 1.54) is 12.1 Å². The van der Waals surface area contributed by atoms with E-state index in [-0.39, 0.29) is 11.9 Å². The third kappa shape index (κ3) is 2.96. The summed E-state index contributed by atoms with van der Waals surface area (Å²) < 4.78 is 18.9. The van der Waals surface area contributed by atoms with Gasteiger partial charge in [-0.05, 0) is 37.1 Å². The average Bonchev–Trinajstić information content (AvgIpc) is 2.69. The summed E-state index contributed by atoms with van der Waals surface area (Å²) in [7, 11) is 0. The molecule has 4 heteroatoms. The van der Waals surface area contributed by atoms with Crippen LogP contribution in [0.2, 0.25) is 0 Å². The average molecular weight is 298 g/mol. The molecule has 0 aliphatic rings. The minimum Gasteiger partial charge on any atom is -0.469 e. The number of benzene rings is 1. The quantitative estimate of drug-likeness (QED) is 0.937. The summed E-state index contributed by atoms with van der Waals surface area (Å²) >= 11 is 3.33. The molecule has 2 rings (SSSR count). The number of aryl methyl sites for hydroxylation is 1. The van der Waals surface area contributed by atoms with E-state index in [9.17, 15) is 4.39 Å². The number of hydrogen-bond acceptors (Lipinski definition) is 2. The minimum absolute atomic E-state index is 0.144. The van der Waals surface area contributed by atoms with Crippen LogP contribution in [0, 0.1) is 12.7 Å². The Balaban J connectivity index is 2.15. The van der Waals surface area contributed by atoms with E-state index in [1.807, 2.05) is 13.0 Å². The molecule has 0 amide bonds. The summed E-state index contributed by atoms with van der Waals surface area (Å²) in [6, 6.07) is 6.40. The standard InChI is InChI=1S/C13H13BrFNO/c1-8-4-10(7-17-8)13(16)5-9-2-3-11(15)6-12(9)14/h2-4,6-7,13H,5,16H2,1H3. The third-order valence-corrected chi connectivity index (χ3v) is 3.37. The highest BCUT2D eigenvalue weighted by Gasteiger charge is 2.11. The summed E-state index contributed by atoms with van der Waals surface area (Å²) in [5, 5.41) is 0. The van der Waals surface area contributed by atoms with Crippen molar-refractivity contribution in [3.8, 4) is 0 Å². The molecule has 2 aromatic rings.